The summed E-state index contributed by atoms with van der Waals surface area (Å²) >= 11 is 6.30. The lowest BCUT2D eigenvalue weighted by Crippen LogP contribution is -2.12. The molecule has 0 aliphatic heterocycles. The molecule has 3 nitrogen and oxygen atoms in total. The van der Waals surface area contributed by atoms with Crippen molar-refractivity contribution in [3.05, 3.63) is 120 Å². The van der Waals surface area contributed by atoms with Crippen LogP contribution in [0.4, 0.5) is 5.69 Å². The van der Waals surface area contributed by atoms with Gasteiger partial charge in [0.15, 0.2) is 0 Å². The number of anilines is 1. The highest BCUT2D eigenvalue weighted by atomic mass is 35.5. The molecule has 5 rings (SSSR count). The molecule has 1 N–H and O–H groups in total. The third-order valence-electron chi connectivity index (χ3n) is 5.34. The number of pyridine rings is 1. The van der Waals surface area contributed by atoms with Gasteiger partial charge in [0.25, 0.3) is 5.91 Å². The summed E-state index contributed by atoms with van der Waals surface area (Å²) in [5.41, 5.74) is 6.05. The number of fused-ring (bicyclic) bond motifs is 1. The van der Waals surface area contributed by atoms with E-state index in [2.05, 4.69) is 29.6 Å². The Morgan fingerprint density at radius 3 is 2.25 bits per heavy atom. The molecule has 0 fully saturated rings. The molecular weight excluding hydrogens is 416 g/mol. The minimum absolute atomic E-state index is 0.163. The summed E-state index contributed by atoms with van der Waals surface area (Å²) in [5.74, 6) is -0.163. The molecule has 0 aliphatic rings. The van der Waals surface area contributed by atoms with Gasteiger partial charge in [-0.3, -0.25) is 4.79 Å². The molecule has 32 heavy (non-hydrogen) atoms. The van der Waals surface area contributed by atoms with Gasteiger partial charge in [-0.1, -0.05) is 72.3 Å². The predicted molar refractivity (Wildman–Crippen MR) is 132 cm³/mol. The molecule has 0 bridgehead atoms. The number of hydrogen-bond donors (Lipinski definition) is 1. The van der Waals surface area contributed by atoms with Crippen LogP contribution < -0.4 is 5.32 Å². The van der Waals surface area contributed by atoms with E-state index in [4.69, 9.17) is 16.6 Å². The number of nitrogens with one attached hydrogen (secondary N) is 1. The molecule has 0 saturated carbocycles. The maximum atomic E-state index is 12.7. The molecule has 0 aliphatic carbocycles. The van der Waals surface area contributed by atoms with E-state index in [0.29, 0.717) is 16.3 Å². The van der Waals surface area contributed by atoms with E-state index in [1.54, 1.807) is 18.2 Å². The van der Waals surface area contributed by atoms with Gasteiger partial charge in [-0.2, -0.15) is 0 Å². The summed E-state index contributed by atoms with van der Waals surface area (Å²) in [5, 5.41) is 4.64. The van der Waals surface area contributed by atoms with Gasteiger partial charge in [0.1, 0.15) is 0 Å². The highest BCUT2D eigenvalue weighted by Crippen LogP contribution is 2.33. The second kappa shape index (κ2) is 8.66. The fourth-order valence-electron chi connectivity index (χ4n) is 3.71. The number of nitrogens with zero attached hydrogens (tertiary/aromatic N) is 1. The average Bonchev–Trinajstić information content (AvgIpc) is 2.85. The lowest BCUT2D eigenvalue weighted by atomic mass is 10.0. The Kier molecular flexibility index (Phi) is 5.40. The molecule has 1 amide bonds. The predicted octanol–water partition coefficient (Wildman–Crippen LogP) is 7.47. The first-order valence-electron chi connectivity index (χ1n) is 10.3. The number of carbonyl (C=O) groups excluding carboxylic acids is 1. The molecule has 1 aromatic heterocycles. The summed E-state index contributed by atoms with van der Waals surface area (Å²) < 4.78 is 0. The van der Waals surface area contributed by atoms with Crippen molar-refractivity contribution in [3.8, 4) is 22.4 Å². The Bertz CT molecular complexity index is 1420. The lowest BCUT2D eigenvalue weighted by Gasteiger charge is -2.13. The van der Waals surface area contributed by atoms with Crippen molar-refractivity contribution in [3.63, 3.8) is 0 Å². The van der Waals surface area contributed by atoms with Gasteiger partial charge in [0, 0.05) is 32.8 Å². The molecule has 0 atom stereocenters. The lowest BCUT2D eigenvalue weighted by molar-refractivity contribution is 0.102. The number of amides is 1. The average molecular weight is 435 g/mol. The van der Waals surface area contributed by atoms with Gasteiger partial charge >= 0.3 is 0 Å². The maximum absolute atomic E-state index is 12.7. The van der Waals surface area contributed by atoms with Crippen molar-refractivity contribution in [2.75, 3.05) is 5.32 Å². The number of aromatic nitrogens is 1. The molecule has 0 radical (unpaired) electrons. The van der Waals surface area contributed by atoms with Crippen LogP contribution in [-0.2, 0) is 0 Å². The first-order chi connectivity index (χ1) is 15.7. The Balaban J connectivity index is 1.52. The smallest absolute Gasteiger partial charge is 0.255 e. The van der Waals surface area contributed by atoms with Crippen LogP contribution in [0.3, 0.4) is 0 Å². The van der Waals surface area contributed by atoms with Crippen molar-refractivity contribution in [2.24, 2.45) is 0 Å². The number of benzene rings is 4. The molecule has 0 saturated heterocycles. The summed E-state index contributed by atoms with van der Waals surface area (Å²) in [6, 6.07) is 34.9. The number of hydrogen-bond acceptors (Lipinski definition) is 2. The number of rotatable bonds is 4. The number of halogens is 1. The van der Waals surface area contributed by atoms with E-state index < -0.39 is 0 Å². The fourth-order valence-corrected chi connectivity index (χ4v) is 3.88. The van der Waals surface area contributed by atoms with Gasteiger partial charge in [-0.05, 0) is 54.1 Å². The molecule has 1 heterocycles. The topological polar surface area (TPSA) is 42.0 Å². The third-order valence-corrected chi connectivity index (χ3v) is 5.57. The standard InChI is InChI=1S/C28H19ClN2O/c29-23-13-16-27(31-28(32)20-9-5-2-6-10-20)24(18-23)21-11-14-26-22(17-21)12-15-25(30-26)19-7-3-1-4-8-19/h1-18H,(H,31,32). The van der Waals surface area contributed by atoms with Crippen LogP contribution in [0.5, 0.6) is 0 Å². The summed E-state index contributed by atoms with van der Waals surface area (Å²) in [7, 11) is 0. The fraction of sp³-hybridized carbons (Fsp3) is 0. The van der Waals surface area contributed by atoms with Gasteiger partial charge in [0.05, 0.1) is 11.2 Å². The van der Waals surface area contributed by atoms with Crippen molar-refractivity contribution in [1.29, 1.82) is 0 Å². The van der Waals surface area contributed by atoms with Gasteiger partial charge in [0.2, 0.25) is 0 Å². The van der Waals surface area contributed by atoms with E-state index in [1.807, 2.05) is 66.7 Å². The highest BCUT2D eigenvalue weighted by Gasteiger charge is 2.12. The molecule has 4 heteroatoms. The molecular formula is C28H19ClN2O. The highest BCUT2D eigenvalue weighted by molar-refractivity contribution is 6.31. The van der Waals surface area contributed by atoms with Crippen LogP contribution >= 0.6 is 11.6 Å². The molecule has 154 valence electrons. The summed E-state index contributed by atoms with van der Waals surface area (Å²) in [6.07, 6.45) is 0. The molecule has 5 aromatic rings. The summed E-state index contributed by atoms with van der Waals surface area (Å²) in [6.45, 7) is 0. The first-order valence-corrected chi connectivity index (χ1v) is 10.7. The molecule has 0 spiro atoms. The zero-order chi connectivity index (χ0) is 21.9. The maximum Gasteiger partial charge on any atom is 0.255 e. The van der Waals surface area contributed by atoms with E-state index in [-0.39, 0.29) is 5.91 Å². The van der Waals surface area contributed by atoms with E-state index in [0.717, 1.165) is 33.3 Å². The second-order valence-corrected chi connectivity index (χ2v) is 7.92. The van der Waals surface area contributed by atoms with Crippen LogP contribution in [0.2, 0.25) is 5.02 Å². The SMILES string of the molecule is O=C(Nc1ccc(Cl)cc1-c1ccc2nc(-c3ccccc3)ccc2c1)c1ccccc1. The van der Waals surface area contributed by atoms with Crippen LogP contribution in [0.15, 0.2) is 109 Å². The quantitative estimate of drug-likeness (QED) is 0.318. The first kappa shape index (κ1) is 20.0. The van der Waals surface area contributed by atoms with Gasteiger partial charge in [-0.25, -0.2) is 4.98 Å². The Labute approximate surface area is 191 Å². The van der Waals surface area contributed by atoms with E-state index in [9.17, 15) is 4.79 Å². The van der Waals surface area contributed by atoms with Crippen LogP contribution in [0.25, 0.3) is 33.3 Å². The van der Waals surface area contributed by atoms with Crippen molar-refractivity contribution < 1.29 is 4.79 Å². The molecule has 0 unspecified atom stereocenters. The zero-order valence-corrected chi connectivity index (χ0v) is 17.9. The van der Waals surface area contributed by atoms with E-state index in [1.165, 1.54) is 0 Å². The molecule has 4 aromatic carbocycles. The van der Waals surface area contributed by atoms with Crippen LogP contribution in [-0.4, -0.2) is 10.9 Å². The Morgan fingerprint density at radius 1 is 0.719 bits per heavy atom. The monoisotopic (exact) mass is 434 g/mol. The van der Waals surface area contributed by atoms with Gasteiger partial charge in [-0.15, -0.1) is 0 Å². The Morgan fingerprint density at radius 2 is 1.47 bits per heavy atom. The van der Waals surface area contributed by atoms with Crippen molar-refractivity contribution in [2.45, 2.75) is 0 Å². The zero-order valence-electron chi connectivity index (χ0n) is 17.1. The Hall–Kier alpha value is -3.95. The normalized spacial score (nSPS) is 10.8. The largest absolute Gasteiger partial charge is 0.321 e. The van der Waals surface area contributed by atoms with Crippen LogP contribution in [0.1, 0.15) is 10.4 Å². The number of carbonyl (C=O) groups is 1. The van der Waals surface area contributed by atoms with Crippen molar-refractivity contribution in [1.82, 2.24) is 4.98 Å². The van der Waals surface area contributed by atoms with Crippen molar-refractivity contribution >= 4 is 34.1 Å². The minimum Gasteiger partial charge on any atom is -0.321 e. The van der Waals surface area contributed by atoms with Gasteiger partial charge < -0.3 is 5.32 Å². The second-order valence-electron chi connectivity index (χ2n) is 7.48. The van der Waals surface area contributed by atoms with Crippen LogP contribution in [0, 0.1) is 0 Å². The third kappa shape index (κ3) is 4.11. The van der Waals surface area contributed by atoms with E-state index >= 15 is 0 Å². The minimum atomic E-state index is -0.163. The summed E-state index contributed by atoms with van der Waals surface area (Å²) in [4.78, 5) is 17.5.